The van der Waals surface area contributed by atoms with Gasteiger partial charge in [-0.25, -0.2) is 0 Å². The molecule has 0 saturated carbocycles. The maximum atomic E-state index is 8.01. The fourth-order valence-corrected chi connectivity index (χ4v) is 12.7. The van der Waals surface area contributed by atoms with Crippen molar-refractivity contribution in [3.05, 3.63) is 251 Å². The standard InChI is InChI=1S/2C29H41N2.C12H19N.2C12H18N.2Fe/c2*1-18(2)24-13-11-14-25(19(3)4)28(24)30-22(9)17-23(10)31-29-26(20(5)6)15-12-16-27(29)21(7)8;3*1-8(2)10-6-5-7-11(9(3)4)12(10)13;;/h2*11-21H,1-10H3;5-9H,13H2,1-4H3;2*5-9,13H,1-4H3;;/q2*-1;;2*-1;+2;+3/b2*22-17-,31-23?;;;;;. The Morgan fingerprint density at radius 3 is 0.612 bits per heavy atom. The Balaban J connectivity index is 0.000000681. The van der Waals surface area contributed by atoms with E-state index in [9.17, 15) is 0 Å². The number of benzene rings is 7. The van der Waals surface area contributed by atoms with E-state index in [0.717, 1.165) is 84.9 Å². The number of nitrogens with zero attached hydrogens (tertiary/aromatic N) is 4. The minimum absolute atomic E-state index is 0. The van der Waals surface area contributed by atoms with E-state index in [2.05, 4.69) is 361 Å². The van der Waals surface area contributed by atoms with E-state index in [4.69, 9.17) is 37.8 Å². The van der Waals surface area contributed by atoms with Crippen molar-refractivity contribution in [1.29, 1.82) is 0 Å². The summed E-state index contributed by atoms with van der Waals surface area (Å²) in [6.45, 7) is 69.9. The van der Waals surface area contributed by atoms with Crippen LogP contribution in [0.3, 0.4) is 0 Å². The molecule has 1 radical (unpaired) electrons. The summed E-state index contributed by atoms with van der Waals surface area (Å²) < 4.78 is 0. The molecular weight excluding hydrogens is 1340 g/mol. The van der Waals surface area contributed by atoms with Crippen molar-refractivity contribution >= 4 is 51.2 Å². The van der Waals surface area contributed by atoms with E-state index in [1.54, 1.807) is 0 Å². The van der Waals surface area contributed by atoms with Gasteiger partial charge >= 0.3 is 34.1 Å². The Bertz CT molecular complexity index is 3360. The van der Waals surface area contributed by atoms with Crippen LogP contribution in [0.25, 0.3) is 22.1 Å². The van der Waals surface area contributed by atoms with Crippen LogP contribution >= 0.6 is 0 Å². The molecule has 0 spiro atoms. The zero-order chi connectivity index (χ0) is 76.6. The van der Waals surface area contributed by atoms with Crippen molar-refractivity contribution < 1.29 is 34.1 Å². The van der Waals surface area contributed by atoms with Crippen molar-refractivity contribution in [2.45, 2.75) is 304 Å². The number of aliphatic imine (C=N–C) groups is 2. The number of allylic oxidation sites excluding steroid dienone is 4. The molecule has 563 valence electrons. The Labute approximate surface area is 651 Å². The van der Waals surface area contributed by atoms with E-state index in [1.165, 1.54) is 55.6 Å². The molecule has 0 saturated heterocycles. The quantitative estimate of drug-likeness (QED) is 0.0405. The summed E-state index contributed by atoms with van der Waals surface area (Å²) in [5.74, 6) is 6.32. The van der Waals surface area contributed by atoms with Crippen molar-refractivity contribution in [2.24, 2.45) is 9.98 Å². The number of hydrogen-bond donors (Lipinski definition) is 1. The Hall–Kier alpha value is -6.60. The molecule has 7 aromatic rings. The van der Waals surface area contributed by atoms with Gasteiger partial charge in [0, 0.05) is 17.1 Å². The first-order valence-corrected chi connectivity index (χ1v) is 38.1. The van der Waals surface area contributed by atoms with E-state index in [0.29, 0.717) is 82.9 Å². The third-order valence-electron chi connectivity index (χ3n) is 18.5. The number of nitrogens with one attached hydrogen (secondary N) is 2. The normalized spacial score (nSPS) is 12.1. The van der Waals surface area contributed by atoms with Gasteiger partial charge in [0.25, 0.3) is 0 Å². The number of para-hydroxylation sites is 5. The molecule has 0 aliphatic heterocycles. The van der Waals surface area contributed by atoms with Crippen molar-refractivity contribution in [1.82, 2.24) is 0 Å². The molecule has 0 unspecified atom stereocenters. The molecule has 0 amide bonds. The molecule has 7 aromatic carbocycles. The van der Waals surface area contributed by atoms with Gasteiger partial charge in [-0.2, -0.15) is 11.4 Å². The molecule has 7 nitrogen and oxygen atoms in total. The van der Waals surface area contributed by atoms with Gasteiger partial charge in [-0.1, -0.05) is 392 Å². The third-order valence-corrected chi connectivity index (χ3v) is 18.5. The summed E-state index contributed by atoms with van der Waals surface area (Å²) in [6, 6.07) is 44.9. The number of rotatable bonds is 22. The summed E-state index contributed by atoms with van der Waals surface area (Å²) in [6.07, 6.45) is 4.23. The zero-order valence-electron chi connectivity index (χ0n) is 69.9. The van der Waals surface area contributed by atoms with Gasteiger partial charge in [0.05, 0.1) is 11.4 Å². The van der Waals surface area contributed by atoms with E-state index >= 15 is 0 Å². The first kappa shape index (κ1) is 94.4. The molecule has 9 heteroatoms. The van der Waals surface area contributed by atoms with Gasteiger partial charge in [-0.05, 0) is 130 Å². The van der Waals surface area contributed by atoms with Crippen LogP contribution in [-0.4, -0.2) is 11.4 Å². The van der Waals surface area contributed by atoms with Crippen LogP contribution in [0.15, 0.2) is 161 Å². The number of anilines is 1. The van der Waals surface area contributed by atoms with E-state index in [-0.39, 0.29) is 34.1 Å². The molecule has 0 fully saturated rings. The van der Waals surface area contributed by atoms with E-state index in [1.807, 2.05) is 0 Å². The fraction of sp³-hybridized carbons (Fsp3) is 0.489. The van der Waals surface area contributed by atoms with Crippen molar-refractivity contribution in [3.63, 3.8) is 0 Å². The topological polar surface area (TPSA) is 127 Å². The molecule has 0 heterocycles. The molecule has 7 rings (SSSR count). The SMILES string of the molecule is CC(/C=C(/C)[N-]c1c(C(C)C)cccc1C(C)C)=Nc1c(C(C)C)cccc1C(C)C.CC(/C=C(/C)[N-]c1c(C(C)C)cccc1C(C)C)=Nc1c(C(C)C)cccc1C(C)C.CC(C)c1cccc(C(C)C)c1N.CC(C)c1cccc(C(C)C)c1[NH-].CC(C)c1cccc(C(C)C)c1[NH-].[Fe+2].[Fe+3]. The molecule has 0 bridgehead atoms. The third kappa shape index (κ3) is 28.3. The molecular formula is C94H137Fe2N7+. The zero-order valence-corrected chi connectivity index (χ0v) is 72.1. The smallest absolute Gasteiger partial charge is 0.698 e. The molecule has 103 heavy (non-hydrogen) atoms. The monoisotopic (exact) mass is 1480 g/mol. The minimum atomic E-state index is 0. The van der Waals surface area contributed by atoms with Gasteiger partial charge in [0.2, 0.25) is 0 Å². The number of hydrogen-bond acceptors (Lipinski definition) is 3. The number of nitrogens with two attached hydrogens (primary N) is 1. The molecule has 0 aliphatic carbocycles. The van der Waals surface area contributed by atoms with Gasteiger partial charge < -0.3 is 27.8 Å². The molecule has 0 aromatic heterocycles. The summed E-state index contributed by atoms with van der Waals surface area (Å²) in [4.78, 5) is 10.2. The Kier molecular flexibility index (Phi) is 41.3. The van der Waals surface area contributed by atoms with Crippen molar-refractivity contribution in [2.75, 3.05) is 5.73 Å². The van der Waals surface area contributed by atoms with Crippen LogP contribution in [0.5, 0.6) is 0 Å². The average molecular weight is 1480 g/mol. The van der Waals surface area contributed by atoms with E-state index < -0.39 is 0 Å². The van der Waals surface area contributed by atoms with Gasteiger partial charge in [-0.3, -0.25) is 9.98 Å². The maximum Gasteiger partial charge on any atom is 3.00 e. The summed E-state index contributed by atoms with van der Waals surface area (Å²) in [5.41, 5.74) is 50.6. The largest absolute Gasteiger partial charge is 3.00 e. The number of nitrogen functional groups attached to an aromatic ring is 1. The molecule has 4 N–H and O–H groups in total. The first-order valence-electron chi connectivity index (χ1n) is 38.1. The minimum Gasteiger partial charge on any atom is -0.698 e. The van der Waals surface area contributed by atoms with Crippen LogP contribution in [0.1, 0.15) is 382 Å². The fourth-order valence-electron chi connectivity index (χ4n) is 12.7. The second-order valence-corrected chi connectivity index (χ2v) is 32.1. The second kappa shape index (κ2) is 45.0. The van der Waals surface area contributed by atoms with Crippen LogP contribution in [0.4, 0.5) is 39.8 Å². The average Bonchev–Trinajstić information content (AvgIpc) is 0.823. The predicted octanol–water partition coefficient (Wildman–Crippen LogP) is 32.5. The second-order valence-electron chi connectivity index (χ2n) is 32.1. The summed E-state index contributed by atoms with van der Waals surface area (Å²) in [5, 5.41) is 10.2. The van der Waals surface area contributed by atoms with Crippen molar-refractivity contribution in [3.8, 4) is 0 Å². The Morgan fingerprint density at radius 2 is 0.437 bits per heavy atom. The van der Waals surface area contributed by atoms with Crippen LogP contribution in [-0.2, 0) is 34.1 Å². The molecule has 0 atom stereocenters. The van der Waals surface area contributed by atoms with Crippen LogP contribution < -0.4 is 5.73 Å². The summed E-state index contributed by atoms with van der Waals surface area (Å²) in [7, 11) is 0. The Morgan fingerprint density at radius 1 is 0.282 bits per heavy atom. The predicted molar refractivity (Wildman–Crippen MR) is 454 cm³/mol. The van der Waals surface area contributed by atoms with Crippen LogP contribution in [0, 0.1) is 0 Å². The van der Waals surface area contributed by atoms with Gasteiger partial charge in [0.15, 0.2) is 0 Å². The first-order chi connectivity index (χ1) is 47.2. The summed E-state index contributed by atoms with van der Waals surface area (Å²) >= 11 is 0. The maximum absolute atomic E-state index is 8.01. The van der Waals surface area contributed by atoms with Gasteiger partial charge in [0.1, 0.15) is 0 Å². The van der Waals surface area contributed by atoms with Gasteiger partial charge in [-0.15, -0.1) is 22.7 Å². The van der Waals surface area contributed by atoms with Crippen LogP contribution in [0.2, 0.25) is 0 Å². The molecule has 0 aliphatic rings.